The number of rotatable bonds is 16. The first kappa shape index (κ1) is 25.2. The van der Waals surface area contributed by atoms with E-state index in [0.29, 0.717) is 0 Å². The highest BCUT2D eigenvalue weighted by molar-refractivity contribution is 8.02. The van der Waals surface area contributed by atoms with Crippen molar-refractivity contribution in [1.82, 2.24) is 0 Å². The van der Waals surface area contributed by atoms with Crippen molar-refractivity contribution in [1.29, 1.82) is 0 Å². The van der Waals surface area contributed by atoms with E-state index in [1.165, 1.54) is 64.9 Å². The predicted octanol–water partition coefficient (Wildman–Crippen LogP) is 7.27. The molecule has 0 spiro atoms. The van der Waals surface area contributed by atoms with Gasteiger partial charge >= 0.3 is 0 Å². The number of nitrogens with zero attached hydrogens (tertiary/aromatic N) is 1. The molecule has 0 atom stereocenters. The van der Waals surface area contributed by atoms with Crippen LogP contribution in [0, 0.1) is 0 Å². The van der Waals surface area contributed by atoms with Crippen LogP contribution in [-0.2, 0) is 6.42 Å². The molecule has 1 rings (SSSR count). The van der Waals surface area contributed by atoms with Crippen molar-refractivity contribution in [2.45, 2.75) is 50.8 Å². The summed E-state index contributed by atoms with van der Waals surface area (Å²) in [6, 6.07) is 6.72. The zero-order chi connectivity index (χ0) is 19.9. The fourth-order valence-electron chi connectivity index (χ4n) is 2.61. The van der Waals surface area contributed by atoms with E-state index in [1.807, 2.05) is 0 Å². The van der Waals surface area contributed by atoms with Crippen LogP contribution in [0.2, 0.25) is 0 Å². The monoisotopic (exact) mass is 443 g/mol. The molecule has 5 heteroatoms. The van der Waals surface area contributed by atoms with E-state index in [1.54, 1.807) is 11.8 Å². The van der Waals surface area contributed by atoms with E-state index in [-0.39, 0.29) is 0 Å². The Kier molecular flexibility index (Phi) is 14.9. The van der Waals surface area contributed by atoms with Crippen LogP contribution in [0.1, 0.15) is 45.1 Å². The van der Waals surface area contributed by atoms with Gasteiger partial charge < -0.3 is 4.90 Å². The second kappa shape index (κ2) is 16.0. The second-order valence-electron chi connectivity index (χ2n) is 6.65. The summed E-state index contributed by atoms with van der Waals surface area (Å²) in [6.07, 6.45) is 8.23. The Morgan fingerprint density at radius 3 is 2.11 bits per heavy atom. The Morgan fingerprint density at radius 1 is 1.00 bits per heavy atom. The molecule has 0 bridgehead atoms. The highest BCUT2D eigenvalue weighted by atomic mass is 32.2. The molecule has 0 unspecified atom stereocenters. The molecule has 0 aromatic heterocycles. The van der Waals surface area contributed by atoms with E-state index in [4.69, 9.17) is 0 Å². The lowest BCUT2D eigenvalue weighted by Crippen LogP contribution is -2.28. The van der Waals surface area contributed by atoms with Gasteiger partial charge in [-0.25, -0.2) is 0 Å². The zero-order valence-corrected chi connectivity index (χ0v) is 20.7. The minimum Gasteiger partial charge on any atom is -0.370 e. The SMILES string of the molecule is C=C(Cc1cc(N(CCSCCCC)CCSCCCC)ccc1S)SC. The molecular weight excluding hydrogens is 407 g/mol. The van der Waals surface area contributed by atoms with Gasteiger partial charge in [0.05, 0.1) is 0 Å². The van der Waals surface area contributed by atoms with Gasteiger partial charge in [0.25, 0.3) is 0 Å². The number of hydrogen-bond donors (Lipinski definition) is 1. The first-order valence-electron chi connectivity index (χ1n) is 10.1. The standard InChI is InChI=1S/C22H37NS4/c1-5-7-13-26-15-11-23(12-16-27-14-8-6-2)21-9-10-22(24)20(18-21)17-19(3)25-4/h9-10,18,24H,3,5-8,11-17H2,1-2,4H3. The number of benzene rings is 1. The Bertz CT molecular complexity index is 519. The lowest BCUT2D eigenvalue weighted by Gasteiger charge is -2.26. The van der Waals surface area contributed by atoms with Gasteiger partial charge in [0.2, 0.25) is 0 Å². The van der Waals surface area contributed by atoms with Gasteiger partial charge in [0.15, 0.2) is 0 Å². The smallest absolute Gasteiger partial charge is 0.0370 e. The van der Waals surface area contributed by atoms with Crippen LogP contribution in [0.4, 0.5) is 5.69 Å². The maximum atomic E-state index is 4.67. The number of thioether (sulfide) groups is 3. The van der Waals surface area contributed by atoms with Crippen molar-refractivity contribution in [3.8, 4) is 0 Å². The van der Waals surface area contributed by atoms with Crippen molar-refractivity contribution in [3.05, 3.63) is 35.2 Å². The van der Waals surface area contributed by atoms with Crippen LogP contribution in [0.5, 0.6) is 0 Å². The third-order valence-electron chi connectivity index (χ3n) is 4.40. The first-order valence-corrected chi connectivity index (χ1v) is 14.0. The average Bonchev–Trinajstić information content (AvgIpc) is 2.67. The second-order valence-corrected chi connectivity index (χ2v) is 10.6. The van der Waals surface area contributed by atoms with E-state index in [2.05, 4.69) is 85.9 Å². The summed E-state index contributed by atoms with van der Waals surface area (Å²) < 4.78 is 0. The quantitative estimate of drug-likeness (QED) is 0.211. The maximum absolute atomic E-state index is 4.67. The van der Waals surface area contributed by atoms with Crippen LogP contribution in [0.25, 0.3) is 0 Å². The zero-order valence-electron chi connectivity index (χ0n) is 17.3. The van der Waals surface area contributed by atoms with Gasteiger partial charge in [-0.1, -0.05) is 33.3 Å². The molecule has 154 valence electrons. The highest BCUT2D eigenvalue weighted by Crippen LogP contribution is 2.27. The van der Waals surface area contributed by atoms with Crippen molar-refractivity contribution in [2.24, 2.45) is 0 Å². The third kappa shape index (κ3) is 11.1. The fraction of sp³-hybridized carbons (Fsp3) is 0.636. The molecule has 1 nitrogen and oxygen atoms in total. The summed E-state index contributed by atoms with van der Waals surface area (Å²) in [4.78, 5) is 4.83. The number of anilines is 1. The average molecular weight is 444 g/mol. The van der Waals surface area contributed by atoms with Gasteiger partial charge in [0, 0.05) is 41.6 Å². The first-order chi connectivity index (χ1) is 13.1. The van der Waals surface area contributed by atoms with Crippen LogP contribution in [0.3, 0.4) is 0 Å². The predicted molar refractivity (Wildman–Crippen MR) is 137 cm³/mol. The minimum atomic E-state index is 0.901. The van der Waals surface area contributed by atoms with Crippen molar-refractivity contribution >= 4 is 53.6 Å². The molecule has 0 aliphatic rings. The fourth-order valence-corrected chi connectivity index (χ4v) is 5.22. The van der Waals surface area contributed by atoms with Gasteiger partial charge in [-0.3, -0.25) is 0 Å². The van der Waals surface area contributed by atoms with Gasteiger partial charge in [0.1, 0.15) is 0 Å². The summed E-state index contributed by atoms with van der Waals surface area (Å²) in [5.41, 5.74) is 2.63. The largest absolute Gasteiger partial charge is 0.370 e. The molecule has 0 saturated carbocycles. The van der Waals surface area contributed by atoms with Crippen LogP contribution in [-0.4, -0.2) is 42.4 Å². The van der Waals surface area contributed by atoms with Crippen molar-refractivity contribution in [2.75, 3.05) is 47.3 Å². The summed E-state index contributed by atoms with van der Waals surface area (Å²) in [7, 11) is 0. The number of hydrogen-bond acceptors (Lipinski definition) is 5. The normalized spacial score (nSPS) is 11.0. The van der Waals surface area contributed by atoms with Crippen LogP contribution in [0.15, 0.2) is 34.6 Å². The number of unbranched alkanes of at least 4 members (excludes halogenated alkanes) is 2. The van der Waals surface area contributed by atoms with Crippen LogP contribution >= 0.6 is 47.9 Å². The van der Waals surface area contributed by atoms with Crippen molar-refractivity contribution in [3.63, 3.8) is 0 Å². The van der Waals surface area contributed by atoms with E-state index in [0.717, 1.165) is 24.4 Å². The van der Waals surface area contributed by atoms with Crippen LogP contribution < -0.4 is 4.90 Å². The Morgan fingerprint density at radius 2 is 1.59 bits per heavy atom. The molecule has 0 fully saturated rings. The van der Waals surface area contributed by atoms with Crippen molar-refractivity contribution < 1.29 is 0 Å². The third-order valence-corrected chi connectivity index (χ3v) is 7.66. The highest BCUT2D eigenvalue weighted by Gasteiger charge is 2.10. The summed E-state index contributed by atoms with van der Waals surface area (Å²) in [5.74, 6) is 4.97. The lowest BCUT2D eigenvalue weighted by molar-refractivity contribution is 0.865. The summed E-state index contributed by atoms with van der Waals surface area (Å²) >= 11 is 10.6. The van der Waals surface area contributed by atoms with E-state index < -0.39 is 0 Å². The molecule has 0 saturated heterocycles. The topological polar surface area (TPSA) is 3.24 Å². The van der Waals surface area contributed by atoms with E-state index >= 15 is 0 Å². The maximum Gasteiger partial charge on any atom is 0.0370 e. The molecule has 0 radical (unpaired) electrons. The molecular formula is C22H37NS4. The molecule has 27 heavy (non-hydrogen) atoms. The number of allylic oxidation sites excluding steroid dienone is 1. The molecule has 0 heterocycles. The molecule has 1 aromatic carbocycles. The molecule has 0 aliphatic carbocycles. The van der Waals surface area contributed by atoms with E-state index in [9.17, 15) is 0 Å². The molecule has 0 N–H and O–H groups in total. The molecule has 0 amide bonds. The lowest BCUT2D eigenvalue weighted by atomic mass is 10.1. The molecule has 0 aliphatic heterocycles. The summed E-state index contributed by atoms with van der Waals surface area (Å²) in [5, 5.41) is 0. The Labute approximate surface area is 186 Å². The molecule has 1 aromatic rings. The Balaban J connectivity index is 2.73. The number of thiol groups is 1. The Hall–Kier alpha value is 0.160. The minimum absolute atomic E-state index is 0.901. The van der Waals surface area contributed by atoms with Gasteiger partial charge in [-0.15, -0.1) is 24.4 Å². The van der Waals surface area contributed by atoms with Gasteiger partial charge in [-0.2, -0.15) is 23.5 Å². The van der Waals surface area contributed by atoms with Gasteiger partial charge in [-0.05, 0) is 59.3 Å². The summed E-state index contributed by atoms with van der Waals surface area (Å²) in [6.45, 7) is 10.9.